The van der Waals surface area contributed by atoms with Crippen molar-refractivity contribution in [2.24, 2.45) is 0 Å². The van der Waals surface area contributed by atoms with Crippen LogP contribution in [0.3, 0.4) is 0 Å². The molecule has 1 N–H and O–H groups in total. The van der Waals surface area contributed by atoms with E-state index in [1.165, 1.54) is 17.0 Å². The third kappa shape index (κ3) is 4.13. The molecule has 3 aromatic rings. The van der Waals surface area contributed by atoms with Crippen molar-refractivity contribution in [1.29, 1.82) is 0 Å². The van der Waals surface area contributed by atoms with Crippen LogP contribution in [-0.4, -0.2) is 41.9 Å². The molecule has 0 saturated heterocycles. The van der Waals surface area contributed by atoms with E-state index in [-0.39, 0.29) is 5.91 Å². The smallest absolute Gasteiger partial charge is 0.255 e. The quantitative estimate of drug-likeness (QED) is 0.636. The Morgan fingerprint density at radius 3 is 2.67 bits per heavy atom. The topological polar surface area (TPSA) is 97.2 Å². The minimum Gasteiger partial charge on any atom is -0.322 e. The average Bonchev–Trinajstić information content (AvgIpc) is 3.32. The normalized spacial score (nSPS) is 15.6. The van der Waals surface area contributed by atoms with Crippen molar-refractivity contribution in [1.82, 2.24) is 14.8 Å². The number of rotatable bonds is 4. The average molecular weight is 466 g/mol. The summed E-state index contributed by atoms with van der Waals surface area (Å²) in [5, 5.41) is 11.8. The highest BCUT2D eigenvalue weighted by molar-refractivity contribution is 7.92. The van der Waals surface area contributed by atoms with Gasteiger partial charge in [0.2, 0.25) is 10.0 Å². The van der Waals surface area contributed by atoms with E-state index in [2.05, 4.69) is 20.1 Å². The van der Waals surface area contributed by atoms with Crippen LogP contribution in [0.5, 0.6) is 0 Å². The van der Waals surface area contributed by atoms with Gasteiger partial charge in [-0.2, -0.15) is 0 Å². The van der Waals surface area contributed by atoms with Gasteiger partial charge >= 0.3 is 0 Å². The fourth-order valence-corrected chi connectivity index (χ4v) is 5.60. The summed E-state index contributed by atoms with van der Waals surface area (Å²) in [6, 6.07) is 11.1. The maximum atomic E-state index is 13.0. The van der Waals surface area contributed by atoms with Crippen LogP contribution in [0.2, 0.25) is 0 Å². The molecule has 0 saturated carbocycles. The molecule has 0 aliphatic carbocycles. The van der Waals surface area contributed by atoms with Gasteiger partial charge in [0.25, 0.3) is 5.91 Å². The fraction of sp³-hybridized carbons (Fsp3) is 0.375. The van der Waals surface area contributed by atoms with E-state index in [0.717, 1.165) is 59.8 Å². The van der Waals surface area contributed by atoms with E-state index >= 15 is 0 Å². The number of carbonyl (C=O) groups excluding carboxylic acids is 1. The molecule has 9 heteroatoms. The number of hydrogen-bond donors (Lipinski definition) is 1. The summed E-state index contributed by atoms with van der Waals surface area (Å²) in [4.78, 5) is 13.0. The summed E-state index contributed by atoms with van der Waals surface area (Å²) in [7, 11) is -3.32. The molecular weight excluding hydrogens is 438 g/mol. The molecule has 0 bridgehead atoms. The Morgan fingerprint density at radius 2 is 1.85 bits per heavy atom. The second-order valence-electron chi connectivity index (χ2n) is 8.81. The maximum absolute atomic E-state index is 13.0. The van der Waals surface area contributed by atoms with Gasteiger partial charge in [-0.3, -0.25) is 9.10 Å². The third-order valence-corrected chi connectivity index (χ3v) is 7.63. The molecule has 2 aliphatic heterocycles. The van der Waals surface area contributed by atoms with E-state index in [1.54, 1.807) is 18.2 Å². The van der Waals surface area contributed by atoms with Crippen LogP contribution >= 0.6 is 0 Å². The predicted octanol–water partition coefficient (Wildman–Crippen LogP) is 3.55. The minimum atomic E-state index is -3.32. The molecule has 0 fully saturated rings. The summed E-state index contributed by atoms with van der Waals surface area (Å²) in [6.07, 6.45) is 6.18. The number of aromatic nitrogens is 3. The van der Waals surface area contributed by atoms with Crippen LogP contribution in [0.15, 0.2) is 36.4 Å². The van der Waals surface area contributed by atoms with Crippen LogP contribution in [-0.2, 0) is 29.4 Å². The van der Waals surface area contributed by atoms with E-state index < -0.39 is 10.0 Å². The van der Waals surface area contributed by atoms with Gasteiger partial charge in [0.15, 0.2) is 5.82 Å². The lowest BCUT2D eigenvalue weighted by molar-refractivity contribution is 0.102. The first kappa shape index (κ1) is 21.6. The first-order chi connectivity index (χ1) is 15.8. The standard InChI is InChI=1S/C24H27N5O3S/c1-16-7-8-18(23-27-26-22-6-4-3-5-12-28(22)23)15-20(16)25-24(30)19-9-10-21-17(14-19)11-13-29(21)33(2,31)32/h7-10,14-15H,3-6,11-13H2,1-2H3,(H,25,30). The molecule has 5 rings (SSSR count). The highest BCUT2D eigenvalue weighted by atomic mass is 32.2. The predicted molar refractivity (Wildman–Crippen MR) is 128 cm³/mol. The molecule has 0 radical (unpaired) electrons. The van der Waals surface area contributed by atoms with Crippen molar-refractivity contribution in [2.75, 3.05) is 22.4 Å². The second-order valence-corrected chi connectivity index (χ2v) is 10.7. The first-order valence-corrected chi connectivity index (χ1v) is 13.1. The molecule has 0 unspecified atom stereocenters. The first-order valence-electron chi connectivity index (χ1n) is 11.3. The van der Waals surface area contributed by atoms with Crippen LogP contribution in [0.4, 0.5) is 11.4 Å². The van der Waals surface area contributed by atoms with Gasteiger partial charge < -0.3 is 9.88 Å². The number of nitrogens with one attached hydrogen (secondary N) is 1. The number of aryl methyl sites for hydroxylation is 2. The number of fused-ring (bicyclic) bond motifs is 2. The highest BCUT2D eigenvalue weighted by Gasteiger charge is 2.27. The summed E-state index contributed by atoms with van der Waals surface area (Å²) >= 11 is 0. The van der Waals surface area contributed by atoms with Gasteiger partial charge in [-0.05, 0) is 61.6 Å². The van der Waals surface area contributed by atoms with Crippen LogP contribution in [0, 0.1) is 6.92 Å². The monoisotopic (exact) mass is 465 g/mol. The number of nitrogens with zero attached hydrogens (tertiary/aromatic N) is 4. The van der Waals surface area contributed by atoms with Crippen molar-refractivity contribution < 1.29 is 13.2 Å². The SMILES string of the molecule is Cc1ccc(-c2nnc3n2CCCCC3)cc1NC(=O)c1ccc2c(c1)CCN2S(C)(=O)=O. The Labute approximate surface area is 193 Å². The molecule has 2 aliphatic rings. The summed E-state index contributed by atoms with van der Waals surface area (Å²) in [5.74, 6) is 1.63. The molecular formula is C24H27N5O3S. The Balaban J connectivity index is 1.41. The van der Waals surface area contributed by atoms with Gasteiger partial charge in [-0.15, -0.1) is 10.2 Å². The van der Waals surface area contributed by atoms with Gasteiger partial charge in [0.05, 0.1) is 11.9 Å². The molecule has 8 nitrogen and oxygen atoms in total. The van der Waals surface area contributed by atoms with Crippen molar-refractivity contribution in [2.45, 2.75) is 45.6 Å². The van der Waals surface area contributed by atoms with E-state index in [4.69, 9.17) is 0 Å². The largest absolute Gasteiger partial charge is 0.322 e. The van der Waals surface area contributed by atoms with E-state index in [0.29, 0.717) is 24.2 Å². The van der Waals surface area contributed by atoms with Gasteiger partial charge in [-0.1, -0.05) is 18.6 Å². The number of sulfonamides is 1. The summed E-state index contributed by atoms with van der Waals surface area (Å²) in [6.45, 7) is 3.27. The lowest BCUT2D eigenvalue weighted by atomic mass is 10.1. The van der Waals surface area contributed by atoms with Crippen molar-refractivity contribution in [3.8, 4) is 11.4 Å². The van der Waals surface area contributed by atoms with Crippen molar-refractivity contribution in [3.63, 3.8) is 0 Å². The number of benzene rings is 2. The number of hydrogen-bond acceptors (Lipinski definition) is 5. The molecule has 0 spiro atoms. The Morgan fingerprint density at radius 1 is 1.00 bits per heavy atom. The zero-order valence-electron chi connectivity index (χ0n) is 18.8. The molecule has 1 aromatic heterocycles. The Bertz CT molecular complexity index is 1350. The van der Waals surface area contributed by atoms with Crippen molar-refractivity contribution in [3.05, 3.63) is 58.9 Å². The van der Waals surface area contributed by atoms with Crippen LogP contribution < -0.4 is 9.62 Å². The number of anilines is 2. The molecule has 172 valence electrons. The van der Waals surface area contributed by atoms with E-state index in [1.807, 2.05) is 25.1 Å². The Kier molecular flexibility index (Phi) is 5.44. The minimum absolute atomic E-state index is 0.226. The maximum Gasteiger partial charge on any atom is 0.255 e. The molecule has 0 atom stereocenters. The van der Waals surface area contributed by atoms with Gasteiger partial charge in [0.1, 0.15) is 5.82 Å². The second kappa shape index (κ2) is 8.30. The fourth-order valence-electron chi connectivity index (χ4n) is 4.65. The molecule has 1 amide bonds. The molecule has 2 aromatic carbocycles. The number of amides is 1. The van der Waals surface area contributed by atoms with Crippen LogP contribution in [0.25, 0.3) is 11.4 Å². The molecule has 3 heterocycles. The number of carbonyl (C=O) groups is 1. The third-order valence-electron chi connectivity index (χ3n) is 6.45. The van der Waals surface area contributed by atoms with Crippen LogP contribution in [0.1, 0.15) is 46.6 Å². The summed E-state index contributed by atoms with van der Waals surface area (Å²) < 4.78 is 27.5. The zero-order valence-corrected chi connectivity index (χ0v) is 19.7. The zero-order chi connectivity index (χ0) is 23.2. The summed E-state index contributed by atoms with van der Waals surface area (Å²) in [5.41, 5.74) is 4.62. The Hall–Kier alpha value is -3.20. The lowest BCUT2D eigenvalue weighted by Gasteiger charge is -2.16. The van der Waals surface area contributed by atoms with Gasteiger partial charge in [-0.25, -0.2) is 8.42 Å². The van der Waals surface area contributed by atoms with E-state index in [9.17, 15) is 13.2 Å². The van der Waals surface area contributed by atoms with Gasteiger partial charge in [0, 0.05) is 36.3 Å². The lowest BCUT2D eigenvalue weighted by Crippen LogP contribution is -2.27. The van der Waals surface area contributed by atoms with Crippen molar-refractivity contribution >= 4 is 27.3 Å². The highest BCUT2D eigenvalue weighted by Crippen LogP contribution is 2.31. The molecule has 33 heavy (non-hydrogen) atoms.